The average molecular weight is 678 g/mol. The Bertz CT molecular complexity index is 2150. The lowest BCUT2D eigenvalue weighted by Gasteiger charge is -2.09. The lowest BCUT2D eigenvalue weighted by atomic mass is 9.99. The Hall–Kier alpha value is -5.14. The molecule has 4 aromatic carbocycles. The smallest absolute Gasteiger partial charge is 0.298 e. The van der Waals surface area contributed by atoms with Gasteiger partial charge in [-0.15, -0.1) is 0 Å². The van der Waals surface area contributed by atoms with Gasteiger partial charge in [0.05, 0.1) is 15.4 Å². The Balaban J connectivity index is 0.000000185. The summed E-state index contributed by atoms with van der Waals surface area (Å²) in [7, 11) is -7.06. The molecule has 0 unspecified atom stereocenters. The maximum atomic E-state index is 13.3. The maximum Gasteiger partial charge on any atom is 0.298 e. The summed E-state index contributed by atoms with van der Waals surface area (Å²) in [6.07, 6.45) is -1.19. The molecule has 0 atom stereocenters. The van der Waals surface area contributed by atoms with Crippen LogP contribution in [0.5, 0.6) is 0 Å². The van der Waals surface area contributed by atoms with E-state index in [9.17, 15) is 25.6 Å². The first-order chi connectivity index (χ1) is 22.5. The summed E-state index contributed by atoms with van der Waals surface area (Å²) in [6, 6.07) is 32.0. The second kappa shape index (κ2) is 14.1. The van der Waals surface area contributed by atoms with Crippen molar-refractivity contribution in [3.8, 4) is 33.7 Å². The van der Waals surface area contributed by atoms with E-state index in [4.69, 9.17) is 9.05 Å². The Labute approximate surface area is 270 Å². The molecule has 47 heavy (non-hydrogen) atoms. The fraction of sp³-hybridized carbons (Fsp3) is 0.118. The number of nitrogens with one attached hydrogen (secondary N) is 1. The molecule has 2 aromatic heterocycles. The largest absolute Gasteiger partial charge is 0.354 e. The third-order valence-corrected chi connectivity index (χ3v) is 9.45. The maximum absolute atomic E-state index is 13.3. The van der Waals surface area contributed by atoms with E-state index in [1.807, 2.05) is 37.3 Å². The highest BCUT2D eigenvalue weighted by Crippen LogP contribution is 2.39. The molecule has 6 rings (SSSR count). The molecule has 0 bridgehead atoms. The van der Waals surface area contributed by atoms with Crippen molar-refractivity contribution in [2.75, 3.05) is 11.0 Å². The number of benzene rings is 4. The van der Waals surface area contributed by atoms with Crippen LogP contribution in [0.4, 0.5) is 14.5 Å². The minimum atomic E-state index is -3.70. The monoisotopic (exact) mass is 677 g/mol. The van der Waals surface area contributed by atoms with Gasteiger partial charge in [-0.25, -0.2) is 25.6 Å². The van der Waals surface area contributed by atoms with Gasteiger partial charge in [-0.3, -0.25) is 4.72 Å². The van der Waals surface area contributed by atoms with Gasteiger partial charge < -0.3 is 9.05 Å². The molecule has 0 aliphatic rings. The zero-order chi connectivity index (χ0) is 33.6. The fourth-order valence-electron chi connectivity index (χ4n) is 4.64. The third-order valence-electron chi connectivity index (χ3n) is 6.96. The van der Waals surface area contributed by atoms with E-state index in [1.165, 1.54) is 24.3 Å². The van der Waals surface area contributed by atoms with Crippen molar-refractivity contribution >= 4 is 25.5 Å². The number of halogens is 2. The van der Waals surface area contributed by atoms with Crippen LogP contribution in [0.2, 0.25) is 0 Å². The van der Waals surface area contributed by atoms with Gasteiger partial charge in [0.15, 0.2) is 15.6 Å². The molecule has 0 saturated heterocycles. The fourth-order valence-corrected chi connectivity index (χ4v) is 6.38. The number of hydrogen-bond donors (Lipinski definition) is 1. The van der Waals surface area contributed by atoms with E-state index in [-0.39, 0.29) is 21.0 Å². The van der Waals surface area contributed by atoms with Gasteiger partial charge in [0.1, 0.15) is 17.1 Å². The minimum absolute atomic E-state index is 0.113. The third kappa shape index (κ3) is 7.64. The van der Waals surface area contributed by atoms with Crippen LogP contribution in [-0.4, -0.2) is 33.4 Å². The number of rotatable bonds is 9. The molecule has 9 nitrogen and oxygen atoms in total. The van der Waals surface area contributed by atoms with Crippen LogP contribution in [0, 0.1) is 0 Å². The van der Waals surface area contributed by atoms with E-state index in [2.05, 4.69) is 15.0 Å². The van der Waals surface area contributed by atoms with Gasteiger partial charge in [0.25, 0.3) is 16.4 Å². The van der Waals surface area contributed by atoms with Crippen LogP contribution in [0.1, 0.15) is 24.8 Å². The van der Waals surface area contributed by atoms with E-state index >= 15 is 0 Å². The number of aromatic nitrogens is 2. The quantitative estimate of drug-likeness (QED) is 0.163. The topological polar surface area (TPSA) is 132 Å². The number of hydrogen-bond acceptors (Lipinski definition) is 8. The van der Waals surface area contributed by atoms with Crippen molar-refractivity contribution in [2.24, 2.45) is 0 Å². The zero-order valence-electron chi connectivity index (χ0n) is 25.2. The summed E-state index contributed by atoms with van der Waals surface area (Å²) >= 11 is 0. The van der Waals surface area contributed by atoms with Crippen molar-refractivity contribution < 1.29 is 34.7 Å². The highest BCUT2D eigenvalue weighted by molar-refractivity contribution is 7.92. The Kier molecular flexibility index (Phi) is 9.97. The van der Waals surface area contributed by atoms with Crippen LogP contribution < -0.4 is 4.72 Å². The van der Waals surface area contributed by atoms with E-state index < -0.39 is 32.0 Å². The van der Waals surface area contributed by atoms with Crippen molar-refractivity contribution in [3.05, 3.63) is 127 Å². The van der Waals surface area contributed by atoms with Gasteiger partial charge in [-0.2, -0.15) is 0 Å². The number of sulfone groups is 1. The highest BCUT2D eigenvalue weighted by atomic mass is 32.2. The van der Waals surface area contributed by atoms with Crippen LogP contribution in [0.3, 0.4) is 0 Å². The average Bonchev–Trinajstić information content (AvgIpc) is 3.70. The van der Waals surface area contributed by atoms with Gasteiger partial charge in [-0.1, -0.05) is 108 Å². The van der Waals surface area contributed by atoms with Crippen LogP contribution in [0.25, 0.3) is 33.7 Å². The molecule has 2 heterocycles. The molecule has 0 aliphatic heterocycles. The predicted octanol–water partition coefficient (Wildman–Crippen LogP) is 8.05. The molecule has 13 heteroatoms. The van der Waals surface area contributed by atoms with Crippen molar-refractivity contribution in [1.82, 2.24) is 10.3 Å². The van der Waals surface area contributed by atoms with Gasteiger partial charge >= 0.3 is 0 Å². The lowest BCUT2D eigenvalue weighted by molar-refractivity contribution is 0.113. The lowest BCUT2D eigenvalue weighted by Crippen LogP contribution is -2.14. The van der Waals surface area contributed by atoms with E-state index in [0.29, 0.717) is 34.7 Å². The first kappa shape index (κ1) is 33.2. The first-order valence-electron chi connectivity index (χ1n) is 14.2. The second-order valence-corrected chi connectivity index (χ2v) is 13.9. The molecule has 6 aromatic rings. The molecule has 0 saturated carbocycles. The zero-order valence-corrected chi connectivity index (χ0v) is 26.8. The molecule has 242 valence electrons. The normalized spacial score (nSPS) is 11.6. The standard InChI is InChI=1S/C17H13F2NO3S.C17H16N2O3S/c1-24(21,22)13-9-7-11(8-10-13)14-15(12-5-3-2-4-6-12)20-23-16(14)17(18)19;1-2-15-16(17(22-18-15)13-9-5-3-6-10-13)19-23(20,21)14-11-7-4-8-12-14/h2-10,17H,1H3;3-12,19H,2H2,1H3. The summed E-state index contributed by atoms with van der Waals surface area (Å²) in [5.41, 5.74) is 3.23. The molecule has 0 aliphatic carbocycles. The summed E-state index contributed by atoms with van der Waals surface area (Å²) in [4.78, 5) is 0.310. The molecule has 0 fully saturated rings. The Morgan fingerprint density at radius 1 is 0.681 bits per heavy atom. The predicted molar refractivity (Wildman–Crippen MR) is 174 cm³/mol. The van der Waals surface area contributed by atoms with Crippen LogP contribution in [0.15, 0.2) is 134 Å². The Morgan fingerprint density at radius 2 is 1.23 bits per heavy atom. The molecule has 1 N–H and O–H groups in total. The summed E-state index contributed by atoms with van der Waals surface area (Å²) in [5, 5.41) is 7.77. The molecule has 0 radical (unpaired) electrons. The van der Waals surface area contributed by atoms with Crippen LogP contribution in [-0.2, 0) is 26.3 Å². The van der Waals surface area contributed by atoms with Crippen molar-refractivity contribution in [1.29, 1.82) is 0 Å². The molecular weight excluding hydrogens is 649 g/mol. The molecule has 0 spiro atoms. The van der Waals surface area contributed by atoms with Crippen molar-refractivity contribution in [2.45, 2.75) is 29.6 Å². The van der Waals surface area contributed by atoms with Crippen molar-refractivity contribution in [3.63, 3.8) is 0 Å². The number of anilines is 1. The summed E-state index contributed by atoms with van der Waals surface area (Å²) in [5.74, 6) is -0.122. The number of nitrogens with zero attached hydrogens (tertiary/aromatic N) is 2. The first-order valence-corrected chi connectivity index (χ1v) is 17.6. The van der Waals surface area contributed by atoms with Gasteiger partial charge in [0, 0.05) is 17.4 Å². The van der Waals surface area contributed by atoms with Gasteiger partial charge in [0.2, 0.25) is 5.76 Å². The number of aryl methyl sites for hydroxylation is 1. The highest BCUT2D eigenvalue weighted by Gasteiger charge is 2.26. The summed E-state index contributed by atoms with van der Waals surface area (Å²) < 4.78 is 87.6. The minimum Gasteiger partial charge on any atom is -0.354 e. The van der Waals surface area contributed by atoms with Gasteiger partial charge in [-0.05, 0) is 36.2 Å². The van der Waals surface area contributed by atoms with E-state index in [1.54, 1.807) is 60.7 Å². The Morgan fingerprint density at radius 3 is 1.77 bits per heavy atom. The number of alkyl halides is 2. The number of sulfonamides is 1. The summed E-state index contributed by atoms with van der Waals surface area (Å²) in [6.45, 7) is 1.90. The molecular formula is C34H29F2N3O6S2. The van der Waals surface area contributed by atoms with E-state index in [0.717, 1.165) is 11.8 Å². The van der Waals surface area contributed by atoms with Crippen LogP contribution >= 0.6 is 0 Å². The second-order valence-electron chi connectivity index (χ2n) is 10.2. The molecule has 0 amide bonds. The SMILES string of the molecule is CCc1noc(-c2ccccc2)c1NS(=O)(=O)c1ccccc1.CS(=O)(=O)c1ccc(-c2c(-c3ccccc3)noc2C(F)F)cc1.